The number of amides is 3. The lowest BCUT2D eigenvalue weighted by atomic mass is 9.83. The summed E-state index contributed by atoms with van der Waals surface area (Å²) in [5, 5.41) is 0. The molecule has 3 atom stereocenters. The summed E-state index contributed by atoms with van der Waals surface area (Å²) in [6.45, 7) is 1.99. The molecule has 0 aromatic heterocycles. The highest BCUT2D eigenvalue weighted by atomic mass is 19.1. The van der Waals surface area contributed by atoms with E-state index in [1.54, 1.807) is 25.1 Å². The molecule has 3 aliphatic rings. The van der Waals surface area contributed by atoms with Crippen LogP contribution in [0.1, 0.15) is 37.3 Å². The molecule has 2 heterocycles. The van der Waals surface area contributed by atoms with Crippen molar-refractivity contribution < 1.29 is 14.0 Å². The third-order valence-electron chi connectivity index (χ3n) is 6.52. The number of benzene rings is 1. The molecule has 0 N–H and O–H groups in total. The molecule has 3 amide bonds. The van der Waals surface area contributed by atoms with Crippen LogP contribution in [0.5, 0.6) is 0 Å². The van der Waals surface area contributed by atoms with Crippen molar-refractivity contribution in [3.8, 4) is 0 Å². The maximum Gasteiger partial charge on any atom is 0.320 e. The van der Waals surface area contributed by atoms with E-state index >= 15 is 0 Å². The Morgan fingerprint density at radius 3 is 2.59 bits per heavy atom. The number of carbonyl (C=O) groups is 2. The van der Waals surface area contributed by atoms with Crippen LogP contribution in [0.4, 0.5) is 9.18 Å². The van der Waals surface area contributed by atoms with Gasteiger partial charge in [0.25, 0.3) is 0 Å². The van der Waals surface area contributed by atoms with Gasteiger partial charge in [-0.3, -0.25) is 4.79 Å². The summed E-state index contributed by atoms with van der Waals surface area (Å²) in [6.07, 6.45) is 4.24. The minimum Gasteiger partial charge on any atom is -0.342 e. The summed E-state index contributed by atoms with van der Waals surface area (Å²) < 4.78 is 13.9. The van der Waals surface area contributed by atoms with Crippen LogP contribution in [0, 0.1) is 23.6 Å². The van der Waals surface area contributed by atoms with Crippen LogP contribution in [0.25, 0.3) is 0 Å². The molecule has 27 heavy (non-hydrogen) atoms. The predicted molar refractivity (Wildman–Crippen MR) is 100 cm³/mol. The lowest BCUT2D eigenvalue weighted by molar-refractivity contribution is -0.132. The number of fused-ring (bicyclic) bond motifs is 1. The SMILES string of the molecule is CN(C)C(=O)N1C[C@H]2CN(C(=O)CC3CCC3)C[C@H]2[C@H]1c1cccc(F)c1. The highest BCUT2D eigenvalue weighted by Crippen LogP contribution is 2.45. The average Bonchev–Trinajstić information content (AvgIpc) is 3.14. The van der Waals surface area contributed by atoms with Gasteiger partial charge in [-0.15, -0.1) is 0 Å². The van der Waals surface area contributed by atoms with Crippen molar-refractivity contribution in [2.75, 3.05) is 33.7 Å². The quantitative estimate of drug-likeness (QED) is 0.817. The third-order valence-corrected chi connectivity index (χ3v) is 6.52. The monoisotopic (exact) mass is 373 g/mol. The van der Waals surface area contributed by atoms with Gasteiger partial charge in [-0.05, 0) is 36.5 Å². The number of urea groups is 1. The lowest BCUT2D eigenvalue weighted by Crippen LogP contribution is -2.42. The number of hydrogen-bond acceptors (Lipinski definition) is 2. The van der Waals surface area contributed by atoms with Crippen molar-refractivity contribution in [3.05, 3.63) is 35.6 Å². The first kappa shape index (κ1) is 18.3. The van der Waals surface area contributed by atoms with Gasteiger partial charge in [0.05, 0.1) is 6.04 Å². The van der Waals surface area contributed by atoms with E-state index in [4.69, 9.17) is 0 Å². The summed E-state index contributed by atoms with van der Waals surface area (Å²) in [5.41, 5.74) is 0.825. The van der Waals surface area contributed by atoms with Gasteiger partial charge in [-0.1, -0.05) is 18.6 Å². The van der Waals surface area contributed by atoms with Crippen molar-refractivity contribution in [2.45, 2.75) is 31.7 Å². The number of carbonyl (C=O) groups excluding carboxylic acids is 2. The fourth-order valence-electron chi connectivity index (χ4n) is 4.89. The predicted octanol–water partition coefficient (Wildman–Crippen LogP) is 3.13. The van der Waals surface area contributed by atoms with E-state index in [0.29, 0.717) is 32.0 Å². The molecule has 1 aromatic rings. The van der Waals surface area contributed by atoms with Crippen molar-refractivity contribution in [1.82, 2.24) is 14.7 Å². The average molecular weight is 373 g/mol. The minimum atomic E-state index is -0.288. The molecule has 146 valence electrons. The summed E-state index contributed by atoms with van der Waals surface area (Å²) in [4.78, 5) is 30.8. The first-order valence-electron chi connectivity index (χ1n) is 9.95. The van der Waals surface area contributed by atoms with E-state index in [2.05, 4.69) is 0 Å². The van der Waals surface area contributed by atoms with Crippen LogP contribution in [-0.4, -0.2) is 60.4 Å². The Morgan fingerprint density at radius 2 is 1.96 bits per heavy atom. The van der Waals surface area contributed by atoms with Crippen molar-refractivity contribution in [1.29, 1.82) is 0 Å². The van der Waals surface area contributed by atoms with Crippen LogP contribution in [0.15, 0.2) is 24.3 Å². The van der Waals surface area contributed by atoms with E-state index in [0.717, 1.165) is 5.56 Å². The van der Waals surface area contributed by atoms with Gasteiger partial charge in [0.15, 0.2) is 0 Å². The molecule has 0 radical (unpaired) electrons. The van der Waals surface area contributed by atoms with Gasteiger partial charge in [-0.2, -0.15) is 0 Å². The first-order valence-corrected chi connectivity index (χ1v) is 9.95. The number of likely N-dealkylation sites (tertiary alicyclic amines) is 2. The van der Waals surface area contributed by atoms with Crippen molar-refractivity contribution in [3.63, 3.8) is 0 Å². The minimum absolute atomic E-state index is 0.0500. The lowest BCUT2D eigenvalue weighted by Gasteiger charge is -2.32. The van der Waals surface area contributed by atoms with Crippen molar-refractivity contribution in [2.24, 2.45) is 17.8 Å². The van der Waals surface area contributed by atoms with Gasteiger partial charge in [0.1, 0.15) is 5.82 Å². The second kappa shape index (κ2) is 7.13. The normalized spacial score (nSPS) is 27.4. The highest BCUT2D eigenvalue weighted by Gasteiger charge is 2.50. The summed E-state index contributed by atoms with van der Waals surface area (Å²) in [5.74, 6) is 0.944. The molecule has 2 saturated heterocycles. The number of nitrogens with zero attached hydrogens (tertiary/aromatic N) is 3. The Morgan fingerprint density at radius 1 is 1.19 bits per heavy atom. The molecule has 1 aliphatic carbocycles. The van der Waals surface area contributed by atoms with E-state index in [-0.39, 0.29) is 35.6 Å². The van der Waals surface area contributed by atoms with Crippen LogP contribution in [0.3, 0.4) is 0 Å². The van der Waals surface area contributed by atoms with Gasteiger partial charge in [0.2, 0.25) is 5.91 Å². The first-order chi connectivity index (χ1) is 12.9. The maximum absolute atomic E-state index is 13.9. The van der Waals surface area contributed by atoms with Gasteiger partial charge in [-0.25, -0.2) is 9.18 Å². The molecule has 5 nitrogen and oxygen atoms in total. The Labute approximate surface area is 160 Å². The molecule has 4 rings (SSSR count). The summed E-state index contributed by atoms with van der Waals surface area (Å²) in [7, 11) is 3.49. The third kappa shape index (κ3) is 3.42. The molecular weight excluding hydrogens is 345 g/mol. The molecule has 3 fully saturated rings. The van der Waals surface area contributed by atoms with E-state index in [1.165, 1.54) is 31.4 Å². The van der Waals surface area contributed by atoms with E-state index in [9.17, 15) is 14.0 Å². The van der Waals surface area contributed by atoms with Crippen molar-refractivity contribution >= 4 is 11.9 Å². The maximum atomic E-state index is 13.9. The zero-order valence-corrected chi connectivity index (χ0v) is 16.1. The smallest absolute Gasteiger partial charge is 0.320 e. The topological polar surface area (TPSA) is 43.9 Å². The largest absolute Gasteiger partial charge is 0.342 e. The number of halogens is 1. The second-order valence-corrected chi connectivity index (χ2v) is 8.55. The van der Waals surface area contributed by atoms with Crippen LogP contribution in [0.2, 0.25) is 0 Å². The summed E-state index contributed by atoms with van der Waals surface area (Å²) in [6, 6.07) is 6.32. The summed E-state index contributed by atoms with van der Waals surface area (Å²) >= 11 is 0. The van der Waals surface area contributed by atoms with Gasteiger partial charge < -0.3 is 14.7 Å². The van der Waals surface area contributed by atoms with Gasteiger partial charge >= 0.3 is 6.03 Å². The van der Waals surface area contributed by atoms with Crippen LogP contribution < -0.4 is 0 Å². The van der Waals surface area contributed by atoms with E-state index in [1.807, 2.05) is 15.9 Å². The molecule has 2 aliphatic heterocycles. The molecule has 1 saturated carbocycles. The number of hydrogen-bond donors (Lipinski definition) is 0. The molecule has 0 unspecified atom stereocenters. The Balaban J connectivity index is 1.55. The van der Waals surface area contributed by atoms with Crippen LogP contribution in [-0.2, 0) is 4.79 Å². The van der Waals surface area contributed by atoms with Gasteiger partial charge in [0, 0.05) is 52.0 Å². The Bertz CT molecular complexity index is 734. The molecule has 0 bridgehead atoms. The Hall–Kier alpha value is -2.11. The fraction of sp³-hybridized carbons (Fsp3) is 0.619. The van der Waals surface area contributed by atoms with Crippen LogP contribution >= 0.6 is 0 Å². The Kier molecular flexibility index (Phi) is 4.82. The molecule has 6 heteroatoms. The molecular formula is C21H28FN3O2. The molecule has 1 aromatic carbocycles. The zero-order chi connectivity index (χ0) is 19.1. The number of rotatable bonds is 3. The highest BCUT2D eigenvalue weighted by molar-refractivity contribution is 5.78. The molecule has 0 spiro atoms. The van der Waals surface area contributed by atoms with E-state index < -0.39 is 0 Å². The zero-order valence-electron chi connectivity index (χ0n) is 16.1. The second-order valence-electron chi connectivity index (χ2n) is 8.55. The standard InChI is InChI=1S/C21H28FN3O2/c1-23(2)21(27)25-12-16-11-24(19(26)9-14-5-3-6-14)13-18(16)20(25)15-7-4-8-17(22)10-15/h4,7-8,10,14,16,18,20H,3,5-6,9,11-13H2,1-2H3/t16-,18-,20-/m1/s1. The fourth-order valence-corrected chi connectivity index (χ4v) is 4.89.